The quantitative estimate of drug-likeness (QED) is 0.742. The van der Waals surface area contributed by atoms with Crippen molar-refractivity contribution in [3.8, 4) is 0 Å². The van der Waals surface area contributed by atoms with E-state index in [9.17, 15) is 0 Å². The van der Waals surface area contributed by atoms with Crippen LogP contribution in [-0.2, 0) is 0 Å². The lowest BCUT2D eigenvalue weighted by Gasteiger charge is -2.46. The highest BCUT2D eigenvalue weighted by Gasteiger charge is 2.40. The van der Waals surface area contributed by atoms with Crippen molar-refractivity contribution < 1.29 is 0 Å². The van der Waals surface area contributed by atoms with Crippen molar-refractivity contribution in [2.24, 2.45) is 35.3 Å². The molecule has 102 valence electrons. The summed E-state index contributed by atoms with van der Waals surface area (Å²) < 4.78 is 0. The Labute approximate surface area is 113 Å². The minimum atomic E-state index is 0.682. The molecule has 0 spiro atoms. The molecule has 0 radical (unpaired) electrons. The topological polar surface area (TPSA) is 26.0 Å². The van der Waals surface area contributed by atoms with Crippen LogP contribution in [0, 0.1) is 29.6 Å². The molecular formula is C17H29N. The van der Waals surface area contributed by atoms with Crippen LogP contribution >= 0.6 is 0 Å². The van der Waals surface area contributed by atoms with Crippen LogP contribution in [-0.4, -0.2) is 6.54 Å². The molecular weight excluding hydrogens is 218 g/mol. The van der Waals surface area contributed by atoms with Gasteiger partial charge in [0.15, 0.2) is 0 Å². The Balaban J connectivity index is 2.10. The first kappa shape index (κ1) is 13.9. The van der Waals surface area contributed by atoms with E-state index < -0.39 is 0 Å². The van der Waals surface area contributed by atoms with Crippen molar-refractivity contribution in [3.63, 3.8) is 0 Å². The molecule has 0 aromatic heterocycles. The van der Waals surface area contributed by atoms with E-state index in [2.05, 4.69) is 31.7 Å². The summed E-state index contributed by atoms with van der Waals surface area (Å²) in [6, 6.07) is 0. The number of hydrogen-bond donors (Lipinski definition) is 1. The van der Waals surface area contributed by atoms with E-state index in [0.717, 1.165) is 29.6 Å². The minimum Gasteiger partial charge on any atom is -0.327 e. The fourth-order valence-corrected chi connectivity index (χ4v) is 4.34. The summed E-state index contributed by atoms with van der Waals surface area (Å²) in [5.74, 6) is 4.43. The van der Waals surface area contributed by atoms with Gasteiger partial charge in [-0.2, -0.15) is 0 Å². The Morgan fingerprint density at radius 2 is 2.00 bits per heavy atom. The van der Waals surface area contributed by atoms with Crippen LogP contribution < -0.4 is 5.73 Å². The van der Waals surface area contributed by atoms with Gasteiger partial charge in [-0.3, -0.25) is 0 Å². The molecule has 1 nitrogen and oxygen atoms in total. The molecule has 0 bridgehead atoms. The maximum absolute atomic E-state index is 5.61. The molecule has 0 aromatic carbocycles. The summed E-state index contributed by atoms with van der Waals surface area (Å²) in [6.07, 6.45) is 15.0. The van der Waals surface area contributed by atoms with Crippen molar-refractivity contribution in [1.29, 1.82) is 0 Å². The van der Waals surface area contributed by atoms with E-state index >= 15 is 0 Å². The van der Waals surface area contributed by atoms with Gasteiger partial charge in [-0.15, -0.1) is 6.58 Å². The molecule has 5 atom stereocenters. The van der Waals surface area contributed by atoms with Gasteiger partial charge in [0.1, 0.15) is 0 Å². The van der Waals surface area contributed by atoms with E-state index in [4.69, 9.17) is 5.73 Å². The number of hydrogen-bond acceptors (Lipinski definition) is 1. The highest BCUT2D eigenvalue weighted by Crippen LogP contribution is 2.49. The second-order valence-corrected chi connectivity index (χ2v) is 6.44. The molecule has 0 aromatic rings. The fourth-order valence-electron chi connectivity index (χ4n) is 4.34. The number of allylic oxidation sites excluding steroid dienone is 2. The molecule has 2 aliphatic rings. The van der Waals surface area contributed by atoms with Crippen LogP contribution in [0.5, 0.6) is 0 Å². The molecule has 2 N–H and O–H groups in total. The Morgan fingerprint density at radius 3 is 2.72 bits per heavy atom. The van der Waals surface area contributed by atoms with E-state index in [-0.39, 0.29) is 0 Å². The van der Waals surface area contributed by atoms with Gasteiger partial charge in [-0.25, -0.2) is 0 Å². The second-order valence-electron chi connectivity index (χ2n) is 6.44. The smallest absolute Gasteiger partial charge is 0.0106 e. The van der Waals surface area contributed by atoms with Gasteiger partial charge in [-0.1, -0.05) is 31.6 Å². The van der Waals surface area contributed by atoms with Crippen molar-refractivity contribution in [2.75, 3.05) is 6.54 Å². The number of nitrogens with two attached hydrogens (primary N) is 1. The minimum absolute atomic E-state index is 0.682. The third-order valence-corrected chi connectivity index (χ3v) is 5.24. The summed E-state index contributed by atoms with van der Waals surface area (Å²) >= 11 is 0. The highest BCUT2D eigenvalue weighted by molar-refractivity contribution is 5.01. The van der Waals surface area contributed by atoms with Crippen LogP contribution in [0.15, 0.2) is 24.8 Å². The Morgan fingerprint density at radius 1 is 1.22 bits per heavy atom. The van der Waals surface area contributed by atoms with Gasteiger partial charge in [0.05, 0.1) is 0 Å². The zero-order chi connectivity index (χ0) is 13.0. The van der Waals surface area contributed by atoms with E-state index in [1.165, 1.54) is 38.5 Å². The molecule has 2 rings (SSSR count). The monoisotopic (exact) mass is 247 g/mol. The zero-order valence-corrected chi connectivity index (χ0v) is 11.9. The highest BCUT2D eigenvalue weighted by atomic mass is 14.5. The third-order valence-electron chi connectivity index (χ3n) is 5.24. The van der Waals surface area contributed by atoms with Crippen molar-refractivity contribution >= 4 is 0 Å². The molecule has 0 heterocycles. The molecule has 2 saturated carbocycles. The summed E-state index contributed by atoms with van der Waals surface area (Å²) in [6.45, 7) is 7.09. The first-order chi connectivity index (χ1) is 8.76. The Bertz CT molecular complexity index is 294. The predicted molar refractivity (Wildman–Crippen MR) is 79.2 cm³/mol. The molecule has 3 unspecified atom stereocenters. The summed E-state index contributed by atoms with van der Waals surface area (Å²) in [5.41, 5.74) is 5.61. The summed E-state index contributed by atoms with van der Waals surface area (Å²) in [4.78, 5) is 0. The molecule has 0 saturated heterocycles. The molecule has 0 aliphatic heterocycles. The molecule has 2 fully saturated rings. The fraction of sp³-hybridized carbons (Fsp3) is 0.765. The van der Waals surface area contributed by atoms with Gasteiger partial charge in [0, 0.05) is 6.54 Å². The summed E-state index contributed by atoms with van der Waals surface area (Å²) in [5, 5.41) is 0. The first-order valence-corrected chi connectivity index (χ1v) is 7.73. The average molecular weight is 247 g/mol. The summed E-state index contributed by atoms with van der Waals surface area (Å²) in [7, 11) is 0. The van der Waals surface area contributed by atoms with Crippen LogP contribution in [0.25, 0.3) is 0 Å². The van der Waals surface area contributed by atoms with Crippen LogP contribution in [0.2, 0.25) is 0 Å². The van der Waals surface area contributed by atoms with Gasteiger partial charge >= 0.3 is 0 Å². The van der Waals surface area contributed by atoms with Crippen molar-refractivity contribution in [1.82, 2.24) is 0 Å². The Hall–Kier alpha value is -0.560. The van der Waals surface area contributed by atoms with Crippen molar-refractivity contribution in [3.05, 3.63) is 24.8 Å². The average Bonchev–Trinajstić information content (AvgIpc) is 2.38. The Kier molecular flexibility index (Phi) is 5.05. The predicted octanol–water partition coefficient (Wildman–Crippen LogP) is 4.16. The van der Waals surface area contributed by atoms with Gasteiger partial charge < -0.3 is 5.73 Å². The molecule has 1 heteroatoms. The number of rotatable bonds is 4. The SMILES string of the molecule is C=CCC1C(/C=C\CN)CC[C@H]2CCC(C)C[C@@H]12. The molecule has 18 heavy (non-hydrogen) atoms. The first-order valence-electron chi connectivity index (χ1n) is 7.73. The third kappa shape index (κ3) is 3.06. The van der Waals surface area contributed by atoms with Crippen molar-refractivity contribution in [2.45, 2.75) is 45.4 Å². The van der Waals surface area contributed by atoms with E-state index in [1.54, 1.807) is 0 Å². The maximum Gasteiger partial charge on any atom is 0.0106 e. The van der Waals surface area contributed by atoms with Crippen LogP contribution in [0.3, 0.4) is 0 Å². The standard InChI is InChI=1S/C17H29N/c1-3-5-16-14(6-4-11-18)9-10-15-8-7-13(2)12-17(15)16/h3-4,6,13-17H,1,5,7-12,18H2,2H3/b6-4-/t13?,14?,15-,16?,17-/m1/s1. The van der Waals surface area contributed by atoms with E-state index in [1.807, 2.05) is 0 Å². The molecule has 2 aliphatic carbocycles. The number of fused-ring (bicyclic) bond motifs is 1. The van der Waals surface area contributed by atoms with Gasteiger partial charge in [0.25, 0.3) is 0 Å². The zero-order valence-electron chi connectivity index (χ0n) is 11.9. The largest absolute Gasteiger partial charge is 0.327 e. The van der Waals surface area contributed by atoms with Gasteiger partial charge in [0.2, 0.25) is 0 Å². The van der Waals surface area contributed by atoms with Crippen LogP contribution in [0.4, 0.5) is 0 Å². The lowest BCUT2D eigenvalue weighted by atomic mass is 9.59. The molecule has 0 amide bonds. The van der Waals surface area contributed by atoms with E-state index in [0.29, 0.717) is 6.54 Å². The van der Waals surface area contributed by atoms with Crippen LogP contribution in [0.1, 0.15) is 45.4 Å². The normalized spacial score (nSPS) is 40.7. The second kappa shape index (κ2) is 6.56. The van der Waals surface area contributed by atoms with Gasteiger partial charge in [-0.05, 0) is 61.7 Å². The maximum atomic E-state index is 5.61. The lowest BCUT2D eigenvalue weighted by Crippen LogP contribution is -2.37. The lowest BCUT2D eigenvalue weighted by molar-refractivity contribution is 0.0541.